The van der Waals surface area contributed by atoms with E-state index < -0.39 is 29.7 Å². The molecule has 1 saturated heterocycles. The lowest BCUT2D eigenvalue weighted by atomic mass is 9.90. The second kappa shape index (κ2) is 12.1. The highest BCUT2D eigenvalue weighted by molar-refractivity contribution is 6.31. The van der Waals surface area contributed by atoms with E-state index in [9.17, 15) is 23.1 Å². The molecule has 1 unspecified atom stereocenters. The number of hydrogen-bond donors (Lipinski definition) is 1. The summed E-state index contributed by atoms with van der Waals surface area (Å²) < 4.78 is 53.0. The van der Waals surface area contributed by atoms with Gasteiger partial charge >= 0.3 is 12.1 Å². The van der Waals surface area contributed by atoms with Crippen molar-refractivity contribution < 1.29 is 32.5 Å². The summed E-state index contributed by atoms with van der Waals surface area (Å²) in [6, 6.07) is 18.4. The zero-order chi connectivity index (χ0) is 27.3. The van der Waals surface area contributed by atoms with Crippen molar-refractivity contribution in [2.45, 2.75) is 38.6 Å². The average Bonchev–Trinajstić information content (AvgIpc) is 2.90. The Kier molecular flexibility index (Phi) is 8.84. The summed E-state index contributed by atoms with van der Waals surface area (Å²) in [5.74, 6) is -0.326. The van der Waals surface area contributed by atoms with E-state index in [2.05, 4.69) is 0 Å². The maximum absolute atomic E-state index is 13.7. The van der Waals surface area contributed by atoms with Crippen molar-refractivity contribution in [3.63, 3.8) is 0 Å². The van der Waals surface area contributed by atoms with Crippen LogP contribution < -0.4 is 9.47 Å². The van der Waals surface area contributed by atoms with E-state index in [0.717, 1.165) is 11.6 Å². The SMILES string of the molecule is CCOc1cc(C(c2ccc(Cl)c(C(F)(F)F)c2)N2CCC(C(=O)O)CC2)ccc1OCc1ccccc1. The highest BCUT2D eigenvalue weighted by Gasteiger charge is 2.36. The smallest absolute Gasteiger partial charge is 0.417 e. The molecule has 0 aliphatic carbocycles. The van der Waals surface area contributed by atoms with Crippen LogP contribution in [0.15, 0.2) is 66.7 Å². The van der Waals surface area contributed by atoms with Crippen LogP contribution in [0.3, 0.4) is 0 Å². The summed E-state index contributed by atoms with van der Waals surface area (Å²) in [5, 5.41) is 9.05. The van der Waals surface area contributed by atoms with Crippen LogP contribution in [0.1, 0.15) is 48.1 Å². The van der Waals surface area contributed by atoms with Crippen LogP contribution in [0.4, 0.5) is 13.2 Å². The van der Waals surface area contributed by atoms with Gasteiger partial charge in [0.2, 0.25) is 0 Å². The molecule has 0 radical (unpaired) electrons. The Hall–Kier alpha value is -3.23. The van der Waals surface area contributed by atoms with Gasteiger partial charge in [0.15, 0.2) is 11.5 Å². The van der Waals surface area contributed by atoms with Crippen LogP contribution >= 0.6 is 11.6 Å². The molecule has 38 heavy (non-hydrogen) atoms. The van der Waals surface area contributed by atoms with Crippen LogP contribution in [0, 0.1) is 5.92 Å². The van der Waals surface area contributed by atoms with Crippen molar-refractivity contribution in [1.29, 1.82) is 0 Å². The maximum atomic E-state index is 13.7. The number of ether oxygens (including phenoxy) is 2. The minimum atomic E-state index is -4.61. The number of likely N-dealkylation sites (tertiary alicyclic amines) is 1. The van der Waals surface area contributed by atoms with Crippen molar-refractivity contribution in [3.8, 4) is 11.5 Å². The molecule has 4 rings (SSSR count). The van der Waals surface area contributed by atoms with Crippen molar-refractivity contribution in [3.05, 3.63) is 94.0 Å². The summed E-state index contributed by atoms with van der Waals surface area (Å²) in [6.07, 6.45) is -3.80. The quantitative estimate of drug-likeness (QED) is 0.306. The van der Waals surface area contributed by atoms with E-state index in [-0.39, 0.29) is 5.02 Å². The van der Waals surface area contributed by atoms with Gasteiger partial charge in [-0.1, -0.05) is 54.1 Å². The van der Waals surface area contributed by atoms with E-state index in [1.165, 1.54) is 6.07 Å². The van der Waals surface area contributed by atoms with Gasteiger partial charge in [-0.15, -0.1) is 0 Å². The number of piperidine rings is 1. The number of carboxylic acid groups (broad SMARTS) is 1. The molecule has 1 aliphatic rings. The molecule has 202 valence electrons. The minimum absolute atomic E-state index is 0.332. The zero-order valence-electron chi connectivity index (χ0n) is 20.9. The molecule has 1 heterocycles. The van der Waals surface area contributed by atoms with E-state index in [4.69, 9.17) is 21.1 Å². The molecule has 5 nitrogen and oxygen atoms in total. The highest BCUT2D eigenvalue weighted by atomic mass is 35.5. The topological polar surface area (TPSA) is 59.0 Å². The molecule has 9 heteroatoms. The number of benzene rings is 3. The van der Waals surface area contributed by atoms with Crippen molar-refractivity contribution in [2.75, 3.05) is 19.7 Å². The predicted molar refractivity (Wildman–Crippen MR) is 139 cm³/mol. The fourth-order valence-electron chi connectivity index (χ4n) is 4.77. The first-order valence-electron chi connectivity index (χ1n) is 12.4. The van der Waals surface area contributed by atoms with Crippen molar-refractivity contribution >= 4 is 17.6 Å². The first kappa shape index (κ1) is 27.8. The van der Waals surface area contributed by atoms with Crippen molar-refractivity contribution in [1.82, 2.24) is 4.90 Å². The summed E-state index contributed by atoms with van der Waals surface area (Å²) >= 11 is 5.91. The second-order valence-electron chi connectivity index (χ2n) is 9.20. The number of nitrogens with zero attached hydrogens (tertiary/aromatic N) is 1. The molecule has 1 N–H and O–H groups in total. The van der Waals surface area contributed by atoms with Gasteiger partial charge < -0.3 is 14.6 Å². The summed E-state index contributed by atoms with van der Waals surface area (Å²) in [6.45, 7) is 3.39. The Morgan fingerprint density at radius 2 is 1.66 bits per heavy atom. The molecule has 1 aliphatic heterocycles. The lowest BCUT2D eigenvalue weighted by Gasteiger charge is -2.37. The third-order valence-electron chi connectivity index (χ3n) is 6.68. The van der Waals surface area contributed by atoms with Crippen LogP contribution in [0.5, 0.6) is 11.5 Å². The summed E-state index contributed by atoms with van der Waals surface area (Å²) in [7, 11) is 0. The van der Waals surface area contributed by atoms with E-state index in [1.807, 2.05) is 48.2 Å². The van der Waals surface area contributed by atoms with Gasteiger partial charge in [-0.2, -0.15) is 13.2 Å². The molecular weight excluding hydrogens is 519 g/mol. The molecule has 0 bridgehead atoms. The molecule has 3 aromatic rings. The Bertz CT molecular complexity index is 1240. The number of halogens is 4. The van der Waals surface area contributed by atoms with Gasteiger partial charge in [-0.05, 0) is 73.8 Å². The van der Waals surface area contributed by atoms with Crippen LogP contribution in [-0.2, 0) is 17.6 Å². The molecule has 0 spiro atoms. The monoisotopic (exact) mass is 547 g/mol. The number of hydrogen-bond acceptors (Lipinski definition) is 4. The minimum Gasteiger partial charge on any atom is -0.490 e. The largest absolute Gasteiger partial charge is 0.490 e. The second-order valence-corrected chi connectivity index (χ2v) is 9.61. The third-order valence-corrected chi connectivity index (χ3v) is 7.01. The van der Waals surface area contributed by atoms with Gasteiger partial charge in [-0.3, -0.25) is 9.69 Å². The van der Waals surface area contributed by atoms with E-state index >= 15 is 0 Å². The first-order chi connectivity index (χ1) is 18.2. The molecule has 3 aromatic carbocycles. The molecular formula is C29H29ClF3NO4. The standard InChI is InChI=1S/C29H29ClF3NO4/c1-2-37-26-17-22(9-11-25(26)38-18-19-6-4-3-5-7-19)27(34-14-12-20(13-15-34)28(35)36)21-8-10-24(30)23(16-21)29(31,32)33/h3-11,16-17,20,27H,2,12-15,18H2,1H3,(H,35,36). The lowest BCUT2D eigenvalue weighted by Crippen LogP contribution is -2.39. The van der Waals surface area contributed by atoms with Crippen molar-refractivity contribution in [2.24, 2.45) is 5.92 Å². The van der Waals surface area contributed by atoms with Gasteiger partial charge in [0.1, 0.15) is 6.61 Å². The Morgan fingerprint density at radius 1 is 1.00 bits per heavy atom. The van der Waals surface area contributed by atoms with Gasteiger partial charge in [-0.25, -0.2) is 0 Å². The van der Waals surface area contributed by atoms with Crippen LogP contribution in [0.25, 0.3) is 0 Å². The highest BCUT2D eigenvalue weighted by Crippen LogP contribution is 2.41. The van der Waals surface area contributed by atoms with Gasteiger partial charge in [0.25, 0.3) is 0 Å². The number of carbonyl (C=O) groups is 1. The first-order valence-corrected chi connectivity index (χ1v) is 12.8. The van der Waals surface area contributed by atoms with Gasteiger partial charge in [0, 0.05) is 0 Å². The predicted octanol–water partition coefficient (Wildman–Crippen LogP) is 7.22. The maximum Gasteiger partial charge on any atom is 0.417 e. The fourth-order valence-corrected chi connectivity index (χ4v) is 4.99. The Balaban J connectivity index is 1.71. The van der Waals surface area contributed by atoms with Crippen LogP contribution in [-0.4, -0.2) is 35.7 Å². The number of aliphatic carboxylic acids is 1. The number of alkyl halides is 3. The van der Waals surface area contributed by atoms with Crippen LogP contribution in [0.2, 0.25) is 5.02 Å². The molecule has 1 fully saturated rings. The number of rotatable bonds is 9. The summed E-state index contributed by atoms with van der Waals surface area (Å²) in [5.41, 5.74) is 1.20. The van der Waals surface area contributed by atoms with E-state index in [0.29, 0.717) is 61.8 Å². The summed E-state index contributed by atoms with van der Waals surface area (Å²) in [4.78, 5) is 13.5. The third kappa shape index (κ3) is 6.60. The fraction of sp³-hybridized carbons (Fsp3) is 0.345. The molecule has 1 atom stereocenters. The zero-order valence-corrected chi connectivity index (χ0v) is 21.6. The molecule has 0 aromatic heterocycles. The molecule has 0 amide bonds. The Labute approximate surface area is 224 Å². The van der Waals surface area contributed by atoms with Gasteiger partial charge in [0.05, 0.1) is 29.2 Å². The lowest BCUT2D eigenvalue weighted by molar-refractivity contribution is -0.143. The normalized spacial score (nSPS) is 15.7. The molecule has 0 saturated carbocycles. The van der Waals surface area contributed by atoms with E-state index in [1.54, 1.807) is 18.2 Å². The Morgan fingerprint density at radius 3 is 2.29 bits per heavy atom. The number of carboxylic acids is 1. The average molecular weight is 548 g/mol.